The van der Waals surface area contributed by atoms with Crippen LogP contribution in [0.5, 0.6) is 0 Å². The molecule has 40 valence electrons. The molecule has 0 fully saturated rings. The van der Waals surface area contributed by atoms with Gasteiger partial charge >= 0.3 is 0 Å². The molecule has 0 saturated carbocycles. The number of hydrogen-bond acceptors (Lipinski definition) is 1. The van der Waals surface area contributed by atoms with E-state index in [1.165, 1.54) is 0 Å². The summed E-state index contributed by atoms with van der Waals surface area (Å²) in [6, 6.07) is 0. The number of rotatable bonds is 3. The van der Waals surface area contributed by atoms with Crippen molar-refractivity contribution in [2.45, 2.75) is 6.92 Å². The van der Waals surface area contributed by atoms with E-state index in [1.54, 1.807) is 12.3 Å². The van der Waals surface area contributed by atoms with Crippen LogP contribution in [-0.4, -0.2) is 6.61 Å². The maximum absolute atomic E-state index is 4.83. The molecule has 0 bridgehead atoms. The van der Waals surface area contributed by atoms with Crippen LogP contribution in [0.15, 0.2) is 25.0 Å². The number of hydrogen-bond donors (Lipinski definition) is 0. The summed E-state index contributed by atoms with van der Waals surface area (Å²) in [6.45, 7) is 5.98. The van der Waals surface area contributed by atoms with Gasteiger partial charge in [0, 0.05) is 0 Å². The molecule has 0 aromatic heterocycles. The van der Waals surface area contributed by atoms with Crippen molar-refractivity contribution >= 4 is 0 Å². The highest BCUT2D eigenvalue weighted by molar-refractivity contribution is 4.70. The van der Waals surface area contributed by atoms with Crippen LogP contribution in [0.4, 0.5) is 0 Å². The quantitative estimate of drug-likeness (QED) is 0.296. The van der Waals surface area contributed by atoms with Crippen molar-refractivity contribution in [3.8, 4) is 0 Å². The van der Waals surface area contributed by atoms with E-state index in [4.69, 9.17) is 4.74 Å². The molecule has 0 atom stereocenters. The van der Waals surface area contributed by atoms with Gasteiger partial charge in [0.25, 0.3) is 0 Å². The number of allylic oxidation sites excluding steroid dienone is 1. The van der Waals surface area contributed by atoms with Crippen molar-refractivity contribution in [2.24, 2.45) is 0 Å². The van der Waals surface area contributed by atoms with Crippen LogP contribution in [0.1, 0.15) is 6.92 Å². The van der Waals surface area contributed by atoms with E-state index < -0.39 is 0 Å². The minimum absolute atomic E-state index is 0.602. The largest absolute Gasteiger partial charge is 0.498 e. The summed E-state index contributed by atoms with van der Waals surface area (Å²) in [7, 11) is 0. The normalized spacial score (nSPS) is 9.29. The zero-order valence-electron chi connectivity index (χ0n) is 4.55. The molecule has 0 rings (SSSR count). The molecule has 0 amide bonds. The van der Waals surface area contributed by atoms with Gasteiger partial charge in [0.1, 0.15) is 6.61 Å². The van der Waals surface area contributed by atoms with Gasteiger partial charge in [-0.1, -0.05) is 18.7 Å². The maximum atomic E-state index is 4.83. The highest BCUT2D eigenvalue weighted by atomic mass is 16.5. The fourth-order valence-electron chi connectivity index (χ4n) is 0.220. The molecule has 0 N–H and O–H groups in total. The molecule has 0 saturated heterocycles. The lowest BCUT2D eigenvalue weighted by molar-refractivity contribution is 0.289. The predicted molar refractivity (Wildman–Crippen MR) is 31.0 cm³/mol. The minimum Gasteiger partial charge on any atom is -0.498 e. The van der Waals surface area contributed by atoms with Crippen LogP contribution >= 0.6 is 0 Å². The predicted octanol–water partition coefficient (Wildman–Crippen LogP) is 1.72. The zero-order valence-corrected chi connectivity index (χ0v) is 4.55. The molecule has 0 radical (unpaired) electrons. The van der Waals surface area contributed by atoms with Gasteiger partial charge in [-0.05, 0) is 6.92 Å². The molecule has 0 spiro atoms. The van der Waals surface area contributed by atoms with Crippen molar-refractivity contribution < 1.29 is 4.74 Å². The van der Waals surface area contributed by atoms with E-state index in [2.05, 4.69) is 6.58 Å². The highest BCUT2D eigenvalue weighted by Crippen LogP contribution is 1.74. The summed E-state index contributed by atoms with van der Waals surface area (Å²) in [5.41, 5.74) is 0. The third-order valence-corrected chi connectivity index (χ3v) is 0.446. The Labute approximate surface area is 44.3 Å². The van der Waals surface area contributed by atoms with Gasteiger partial charge in [-0.15, -0.1) is 0 Å². The van der Waals surface area contributed by atoms with Gasteiger partial charge in [0.15, 0.2) is 0 Å². The Morgan fingerprint density at radius 1 is 1.71 bits per heavy atom. The first-order valence-corrected chi connectivity index (χ1v) is 2.25. The summed E-state index contributed by atoms with van der Waals surface area (Å²) in [5.74, 6) is 0. The van der Waals surface area contributed by atoms with Crippen molar-refractivity contribution in [1.29, 1.82) is 0 Å². The van der Waals surface area contributed by atoms with Gasteiger partial charge in [-0.25, -0.2) is 0 Å². The summed E-state index contributed by atoms with van der Waals surface area (Å²) >= 11 is 0. The second-order valence-corrected chi connectivity index (χ2v) is 1.09. The Morgan fingerprint density at radius 3 is 2.86 bits per heavy atom. The summed E-state index contributed by atoms with van der Waals surface area (Å²) in [5, 5.41) is 0. The first kappa shape index (κ1) is 6.28. The molecule has 0 aliphatic carbocycles. The monoisotopic (exact) mass is 98.1 g/mol. The summed E-state index contributed by atoms with van der Waals surface area (Å²) < 4.78 is 4.83. The van der Waals surface area contributed by atoms with Gasteiger partial charge in [-0.3, -0.25) is 0 Å². The van der Waals surface area contributed by atoms with E-state index >= 15 is 0 Å². The lowest BCUT2D eigenvalue weighted by Gasteiger charge is -1.88. The molecule has 7 heavy (non-hydrogen) atoms. The van der Waals surface area contributed by atoms with Crippen LogP contribution in [0, 0.1) is 0 Å². The van der Waals surface area contributed by atoms with E-state index in [9.17, 15) is 0 Å². The standard InChI is InChI=1S/C6H10O/c1-3-5-7-6-4-2/h3-4,6H,1,5H2,2H3. The lowest BCUT2D eigenvalue weighted by atomic mass is 10.7. The highest BCUT2D eigenvalue weighted by Gasteiger charge is 1.64. The van der Waals surface area contributed by atoms with Gasteiger partial charge in [0.2, 0.25) is 0 Å². The van der Waals surface area contributed by atoms with Crippen molar-refractivity contribution in [3.05, 3.63) is 25.0 Å². The van der Waals surface area contributed by atoms with E-state index in [0.29, 0.717) is 6.61 Å². The molecule has 0 aromatic carbocycles. The maximum Gasteiger partial charge on any atom is 0.105 e. The smallest absolute Gasteiger partial charge is 0.105 e. The Hall–Kier alpha value is -0.720. The molecular formula is C6H10O. The third-order valence-electron chi connectivity index (χ3n) is 0.446. The van der Waals surface area contributed by atoms with Crippen LogP contribution in [-0.2, 0) is 4.74 Å². The Bertz CT molecular complexity index is 64.6. The average Bonchev–Trinajstić information content (AvgIpc) is 1.69. The second-order valence-electron chi connectivity index (χ2n) is 1.09. The fraction of sp³-hybridized carbons (Fsp3) is 0.333. The molecular weight excluding hydrogens is 88.1 g/mol. The van der Waals surface area contributed by atoms with E-state index in [0.717, 1.165) is 0 Å². The second kappa shape index (κ2) is 5.28. The molecule has 0 heterocycles. The minimum atomic E-state index is 0.602. The molecule has 1 heteroatoms. The fourth-order valence-corrected chi connectivity index (χ4v) is 0.220. The Balaban J connectivity index is 2.82. The molecule has 0 aliphatic heterocycles. The third kappa shape index (κ3) is 5.28. The van der Waals surface area contributed by atoms with Crippen LogP contribution in [0.3, 0.4) is 0 Å². The van der Waals surface area contributed by atoms with Gasteiger partial charge in [0.05, 0.1) is 6.26 Å². The average molecular weight is 98.1 g/mol. The SMILES string of the molecule is C=CCOC=CC. The van der Waals surface area contributed by atoms with Gasteiger partial charge in [-0.2, -0.15) is 0 Å². The zero-order chi connectivity index (χ0) is 5.54. The van der Waals surface area contributed by atoms with Crippen molar-refractivity contribution in [3.63, 3.8) is 0 Å². The molecule has 0 aromatic rings. The first-order valence-electron chi connectivity index (χ1n) is 2.25. The van der Waals surface area contributed by atoms with Crippen LogP contribution < -0.4 is 0 Å². The van der Waals surface area contributed by atoms with E-state index in [1.807, 2.05) is 13.0 Å². The van der Waals surface area contributed by atoms with Crippen LogP contribution in [0.25, 0.3) is 0 Å². The summed E-state index contributed by atoms with van der Waals surface area (Å²) in [4.78, 5) is 0. The molecule has 0 unspecified atom stereocenters. The van der Waals surface area contributed by atoms with Crippen molar-refractivity contribution in [2.75, 3.05) is 6.61 Å². The Morgan fingerprint density at radius 2 is 2.43 bits per heavy atom. The van der Waals surface area contributed by atoms with Crippen molar-refractivity contribution in [1.82, 2.24) is 0 Å². The summed E-state index contributed by atoms with van der Waals surface area (Å²) in [6.07, 6.45) is 5.19. The van der Waals surface area contributed by atoms with E-state index in [-0.39, 0.29) is 0 Å². The first-order chi connectivity index (χ1) is 3.41. The van der Waals surface area contributed by atoms with Gasteiger partial charge < -0.3 is 4.74 Å². The number of ether oxygens (including phenoxy) is 1. The topological polar surface area (TPSA) is 9.23 Å². The molecule has 0 aliphatic rings. The molecule has 1 nitrogen and oxygen atoms in total. The Kier molecular flexibility index (Phi) is 4.74. The van der Waals surface area contributed by atoms with Crippen LogP contribution in [0.2, 0.25) is 0 Å². The lowest BCUT2D eigenvalue weighted by Crippen LogP contribution is -1.76.